The van der Waals surface area contributed by atoms with E-state index < -0.39 is 36.0 Å². The van der Waals surface area contributed by atoms with E-state index in [-0.39, 0.29) is 41.6 Å². The van der Waals surface area contributed by atoms with Crippen LogP contribution in [0.25, 0.3) is 0 Å². The summed E-state index contributed by atoms with van der Waals surface area (Å²) in [5.74, 6) is -1.06. The van der Waals surface area contributed by atoms with Crippen LogP contribution in [0.2, 0.25) is 10.0 Å². The summed E-state index contributed by atoms with van der Waals surface area (Å²) in [5, 5.41) is 25.8. The van der Waals surface area contributed by atoms with Gasteiger partial charge < -0.3 is 39.5 Å². The minimum absolute atomic E-state index is 0.0170. The Morgan fingerprint density at radius 1 is 0.841 bits per heavy atom. The first-order valence-electron chi connectivity index (χ1n) is 20.9. The van der Waals surface area contributed by atoms with Crippen molar-refractivity contribution in [3.8, 4) is 17.2 Å². The van der Waals surface area contributed by atoms with Crippen LogP contribution in [0.1, 0.15) is 63.0 Å². The Morgan fingerprint density at radius 2 is 1.54 bits per heavy atom. The van der Waals surface area contributed by atoms with Crippen molar-refractivity contribution < 1.29 is 43.2 Å². The number of carbonyl (C=O) groups is 3. The zero-order chi connectivity index (χ0) is 44.2. The lowest BCUT2D eigenvalue weighted by Crippen LogP contribution is -2.63. The second-order valence-corrected chi connectivity index (χ2v) is 17.1. The molecule has 0 spiro atoms. The van der Waals surface area contributed by atoms with E-state index >= 15 is 0 Å². The summed E-state index contributed by atoms with van der Waals surface area (Å²) >= 11 is 13.1. The maximum Gasteiger partial charge on any atom is 0.408 e. The molecule has 5 aromatic rings. The fraction of sp³-hybridized carbons (Fsp3) is 0.333. The van der Waals surface area contributed by atoms with Gasteiger partial charge in [-0.2, -0.15) is 4.73 Å². The van der Waals surface area contributed by atoms with E-state index in [1.807, 2.05) is 54.6 Å². The molecule has 5 heterocycles. The zero-order valence-electron chi connectivity index (χ0n) is 34.8. The van der Waals surface area contributed by atoms with Crippen LogP contribution in [0.15, 0.2) is 109 Å². The van der Waals surface area contributed by atoms with Gasteiger partial charge in [0, 0.05) is 30.1 Å². The molecular weight excluding hydrogens is 847 g/mol. The normalized spacial score (nSPS) is 21.1. The first kappa shape index (κ1) is 43.6. The number of carbonyl (C=O) groups excluding carboxylic acids is 2. The number of aromatic nitrogens is 1. The molecule has 0 radical (unpaired) electrons. The highest BCUT2D eigenvalue weighted by Crippen LogP contribution is 2.43. The number of benzene rings is 4. The van der Waals surface area contributed by atoms with Gasteiger partial charge in [-0.3, -0.25) is 14.5 Å². The van der Waals surface area contributed by atoms with Crippen LogP contribution in [0.5, 0.6) is 17.2 Å². The molecule has 4 saturated heterocycles. The predicted molar refractivity (Wildman–Crippen MR) is 235 cm³/mol. The van der Waals surface area contributed by atoms with Gasteiger partial charge >= 0.3 is 12.1 Å². The molecule has 2 N–H and O–H groups in total. The standard InChI is InChI=1S/C48H48Cl2N4O9/c1-60-41-16-15-33(22-42(41)61-2)36(23-37-39(49)25-53(59)26-40(37)50)45-38(47(56)57)24-54(45)46(55)32-13-11-29(12-14-32)28-62-35-10-6-9-34(21-35)44(31-7-4-3-5-8-31)51-48(58)63-43-27-52-19-17-30(43)18-20-52/h3-16,21-22,25-26,30,36,38,43-45H,17-20,23-24,27-28H2,1-2H3,(H,51,58)(H,56,57)/t36-,38?,43-,44-,45?/m0/s1. The van der Waals surface area contributed by atoms with Gasteiger partial charge in [-0.1, -0.05) is 83.9 Å². The highest BCUT2D eigenvalue weighted by Gasteiger charge is 2.51. The number of halogens is 2. The van der Waals surface area contributed by atoms with Gasteiger partial charge in [0.05, 0.1) is 32.2 Å². The largest absolute Gasteiger partial charge is 0.619 e. The number of hydrogen-bond donors (Lipinski definition) is 2. The van der Waals surface area contributed by atoms with Gasteiger partial charge in [0.1, 0.15) is 28.5 Å². The molecule has 4 aromatic carbocycles. The molecule has 0 aliphatic carbocycles. The molecule has 4 fully saturated rings. The molecule has 9 rings (SSSR count). The number of nitrogens with one attached hydrogen (secondary N) is 1. The van der Waals surface area contributed by atoms with Crippen molar-refractivity contribution in [3.05, 3.63) is 158 Å². The van der Waals surface area contributed by atoms with Crippen molar-refractivity contribution in [3.63, 3.8) is 0 Å². The Labute approximate surface area is 375 Å². The quantitative estimate of drug-likeness (QED) is 0.0791. The van der Waals surface area contributed by atoms with E-state index in [0.29, 0.717) is 44.6 Å². The Balaban J connectivity index is 0.978. The van der Waals surface area contributed by atoms with Gasteiger partial charge in [0.15, 0.2) is 23.9 Å². The highest BCUT2D eigenvalue weighted by atomic mass is 35.5. The molecule has 13 nitrogen and oxygen atoms in total. The summed E-state index contributed by atoms with van der Waals surface area (Å²) in [6.07, 6.45) is 4.00. The molecule has 5 atom stereocenters. The molecule has 4 aliphatic rings. The summed E-state index contributed by atoms with van der Waals surface area (Å²) in [5.41, 5.74) is 4.00. The first-order valence-corrected chi connectivity index (χ1v) is 21.6. The Bertz CT molecular complexity index is 2430. The van der Waals surface area contributed by atoms with E-state index in [9.17, 15) is 24.7 Å². The second-order valence-electron chi connectivity index (χ2n) is 16.2. The summed E-state index contributed by atoms with van der Waals surface area (Å²) in [4.78, 5) is 44.2. The van der Waals surface area contributed by atoms with Gasteiger partial charge in [-0.05, 0) is 96.9 Å². The van der Waals surface area contributed by atoms with Crippen LogP contribution in [0.3, 0.4) is 0 Å². The molecule has 63 heavy (non-hydrogen) atoms. The number of pyridine rings is 1. The van der Waals surface area contributed by atoms with Crippen molar-refractivity contribution in [1.29, 1.82) is 0 Å². The average Bonchev–Trinajstić information content (AvgIpc) is 3.28. The van der Waals surface area contributed by atoms with Crippen molar-refractivity contribution >= 4 is 41.2 Å². The first-order chi connectivity index (χ1) is 30.5. The second kappa shape index (κ2) is 19.2. The van der Waals surface area contributed by atoms with Crippen molar-refractivity contribution in [2.75, 3.05) is 40.4 Å². The molecule has 2 amide bonds. The molecule has 15 heteroatoms. The van der Waals surface area contributed by atoms with E-state index in [1.54, 1.807) is 47.4 Å². The van der Waals surface area contributed by atoms with Crippen molar-refractivity contribution in [2.45, 2.75) is 50.0 Å². The number of nitrogens with zero attached hydrogens (tertiary/aromatic N) is 3. The minimum Gasteiger partial charge on any atom is -0.619 e. The minimum atomic E-state index is -1.05. The number of fused-ring (bicyclic) bond motifs is 3. The lowest BCUT2D eigenvalue weighted by atomic mass is 9.73. The number of ether oxygens (including phenoxy) is 4. The molecule has 2 bridgehead atoms. The summed E-state index contributed by atoms with van der Waals surface area (Å²) in [6, 6.07) is 28.3. The van der Waals surface area contributed by atoms with Gasteiger partial charge in [0.25, 0.3) is 5.91 Å². The monoisotopic (exact) mass is 894 g/mol. The number of rotatable bonds is 15. The van der Waals surface area contributed by atoms with E-state index in [4.69, 9.17) is 42.1 Å². The number of methoxy groups -OCH3 is 2. The van der Waals surface area contributed by atoms with Crippen LogP contribution in [0, 0.1) is 17.0 Å². The fourth-order valence-electron chi connectivity index (χ4n) is 9.12. The Kier molecular flexibility index (Phi) is 13.3. The topological polar surface area (TPSA) is 154 Å². The number of piperidine rings is 3. The number of hydrogen-bond acceptors (Lipinski definition) is 9. The van der Waals surface area contributed by atoms with E-state index in [1.165, 1.54) is 26.6 Å². The smallest absolute Gasteiger partial charge is 0.408 e. The average molecular weight is 896 g/mol. The number of aliphatic carboxylic acids is 1. The number of likely N-dealkylation sites (tertiary alicyclic amines) is 1. The number of carboxylic acids is 1. The summed E-state index contributed by atoms with van der Waals surface area (Å²) in [6.45, 7) is 3.05. The molecule has 0 saturated carbocycles. The third-order valence-electron chi connectivity index (χ3n) is 12.5. The van der Waals surface area contributed by atoms with Gasteiger partial charge in [-0.15, -0.1) is 0 Å². The van der Waals surface area contributed by atoms with Crippen molar-refractivity contribution in [2.24, 2.45) is 11.8 Å². The number of amides is 2. The molecule has 1 aromatic heterocycles. The van der Waals surface area contributed by atoms with Crippen LogP contribution >= 0.6 is 23.2 Å². The van der Waals surface area contributed by atoms with Crippen molar-refractivity contribution in [1.82, 2.24) is 15.1 Å². The Morgan fingerprint density at radius 3 is 2.19 bits per heavy atom. The van der Waals surface area contributed by atoms with Gasteiger partial charge in [0.2, 0.25) is 0 Å². The Hall–Kier alpha value is -6.02. The highest BCUT2D eigenvalue weighted by molar-refractivity contribution is 6.35. The van der Waals surface area contributed by atoms with Crippen LogP contribution in [-0.4, -0.2) is 85.4 Å². The SMILES string of the molecule is COc1ccc([C@H](Cc2c(Cl)c[n+]([O-])cc2Cl)C2C(C(=O)O)CN2C(=O)c2ccc(COc3cccc([C@@H](NC(=O)O[C@H]4CN5CCC4CC5)c4ccccc4)c3)cc2)cc1OC. The fourth-order valence-corrected chi connectivity index (χ4v) is 9.72. The van der Waals surface area contributed by atoms with Crippen LogP contribution in [-0.2, 0) is 22.6 Å². The van der Waals surface area contributed by atoms with E-state index in [2.05, 4.69) is 10.2 Å². The third-order valence-corrected chi connectivity index (χ3v) is 13.2. The van der Waals surface area contributed by atoms with E-state index in [0.717, 1.165) is 49.2 Å². The maximum atomic E-state index is 14.2. The lowest BCUT2D eigenvalue weighted by Gasteiger charge is -2.50. The van der Waals surface area contributed by atoms with Crippen LogP contribution < -0.4 is 24.3 Å². The molecule has 4 aliphatic heterocycles. The maximum absolute atomic E-state index is 14.2. The van der Waals surface area contributed by atoms with Gasteiger partial charge in [-0.25, -0.2) is 4.79 Å². The number of carboxylic acid groups (broad SMARTS) is 1. The lowest BCUT2D eigenvalue weighted by molar-refractivity contribution is -0.605. The zero-order valence-corrected chi connectivity index (χ0v) is 36.3. The van der Waals surface area contributed by atoms with Crippen LogP contribution in [0.4, 0.5) is 4.79 Å². The molecular formula is C48H48Cl2N4O9. The summed E-state index contributed by atoms with van der Waals surface area (Å²) in [7, 11) is 3.01. The molecule has 2 unspecified atom stereocenters. The predicted octanol–water partition coefficient (Wildman–Crippen LogP) is 7.68. The third kappa shape index (κ3) is 9.65. The summed E-state index contributed by atoms with van der Waals surface area (Å²) < 4.78 is 23.8. The molecule has 328 valence electrons. The number of alkyl carbamates (subject to hydrolysis) is 1.